The molecule has 0 unspecified atom stereocenters. The lowest BCUT2D eigenvalue weighted by Gasteiger charge is -2.02. The van der Waals surface area contributed by atoms with Gasteiger partial charge in [-0.2, -0.15) is 0 Å². The fourth-order valence-electron chi connectivity index (χ4n) is 1.24. The van der Waals surface area contributed by atoms with Crippen LogP contribution in [0.15, 0.2) is 34.5 Å². The molecular weight excluding hydrogens is 224 g/mol. The Kier molecular flexibility index (Phi) is 3.28. The van der Waals surface area contributed by atoms with E-state index in [2.05, 4.69) is 10.4 Å². The van der Waals surface area contributed by atoms with Crippen LogP contribution in [0.1, 0.15) is 10.7 Å². The minimum absolute atomic E-state index is 0.842. The summed E-state index contributed by atoms with van der Waals surface area (Å²) in [5, 5.41) is 3.22. The van der Waals surface area contributed by atoms with E-state index < -0.39 is 0 Å². The summed E-state index contributed by atoms with van der Waals surface area (Å²) in [6, 6.07) is 7.92. The summed E-state index contributed by atoms with van der Waals surface area (Å²) < 4.78 is 0. The molecule has 78 valence electrons. The van der Waals surface area contributed by atoms with E-state index in [-0.39, 0.29) is 0 Å². The van der Waals surface area contributed by atoms with Crippen molar-refractivity contribution in [3.05, 3.63) is 40.3 Å². The van der Waals surface area contributed by atoms with Crippen molar-refractivity contribution in [1.29, 1.82) is 0 Å². The first-order valence-electron chi connectivity index (χ1n) is 4.64. The van der Waals surface area contributed by atoms with Crippen LogP contribution in [0, 0.1) is 6.92 Å². The highest BCUT2D eigenvalue weighted by atomic mass is 32.2. The van der Waals surface area contributed by atoms with Crippen LogP contribution in [0.3, 0.4) is 0 Å². The Hall–Kier alpha value is -1.00. The normalized spacial score (nSPS) is 10.5. The van der Waals surface area contributed by atoms with Crippen LogP contribution in [-0.2, 0) is 5.75 Å². The second-order valence-corrected chi connectivity index (χ2v) is 5.26. The molecule has 0 spiro atoms. The first-order chi connectivity index (χ1) is 7.25. The maximum absolute atomic E-state index is 5.85. The molecular formula is C11H12N2S2. The van der Waals surface area contributed by atoms with Gasteiger partial charge in [0.1, 0.15) is 0 Å². The van der Waals surface area contributed by atoms with Crippen LogP contribution in [0.5, 0.6) is 0 Å². The second-order valence-electron chi connectivity index (χ2n) is 3.18. The molecule has 0 radical (unpaired) electrons. The number of rotatable bonds is 3. The number of nitrogen functional groups attached to an aromatic ring is 1. The van der Waals surface area contributed by atoms with Crippen molar-refractivity contribution in [2.75, 3.05) is 5.73 Å². The van der Waals surface area contributed by atoms with Gasteiger partial charge < -0.3 is 5.73 Å². The average molecular weight is 236 g/mol. The van der Waals surface area contributed by atoms with E-state index in [1.165, 1.54) is 0 Å². The van der Waals surface area contributed by atoms with Crippen LogP contribution < -0.4 is 5.73 Å². The van der Waals surface area contributed by atoms with Crippen molar-refractivity contribution in [3.63, 3.8) is 0 Å². The Bertz CT molecular complexity index is 451. The zero-order chi connectivity index (χ0) is 10.7. The number of hydrogen-bond acceptors (Lipinski definition) is 4. The van der Waals surface area contributed by atoms with Gasteiger partial charge in [-0.05, 0) is 19.1 Å². The molecule has 1 aromatic heterocycles. The summed E-state index contributed by atoms with van der Waals surface area (Å²) in [6.45, 7) is 2.02. The van der Waals surface area contributed by atoms with Gasteiger partial charge in [0.15, 0.2) is 0 Å². The monoisotopic (exact) mass is 236 g/mol. The van der Waals surface area contributed by atoms with Crippen molar-refractivity contribution < 1.29 is 0 Å². The minimum atomic E-state index is 0.842. The summed E-state index contributed by atoms with van der Waals surface area (Å²) in [5.41, 5.74) is 7.82. The Labute approximate surface area is 97.5 Å². The van der Waals surface area contributed by atoms with E-state index in [0.29, 0.717) is 0 Å². The molecule has 2 nitrogen and oxygen atoms in total. The summed E-state index contributed by atoms with van der Waals surface area (Å²) in [4.78, 5) is 5.54. The van der Waals surface area contributed by atoms with E-state index in [1.54, 1.807) is 23.1 Å². The van der Waals surface area contributed by atoms with E-state index >= 15 is 0 Å². The van der Waals surface area contributed by atoms with Gasteiger partial charge in [-0.1, -0.05) is 12.1 Å². The maximum atomic E-state index is 5.85. The lowest BCUT2D eigenvalue weighted by Crippen LogP contribution is -1.88. The number of thioether (sulfide) groups is 1. The van der Waals surface area contributed by atoms with Gasteiger partial charge in [0.25, 0.3) is 0 Å². The van der Waals surface area contributed by atoms with Crippen LogP contribution in [0.2, 0.25) is 0 Å². The molecule has 2 rings (SSSR count). The zero-order valence-electron chi connectivity index (χ0n) is 8.43. The van der Waals surface area contributed by atoms with Crippen molar-refractivity contribution in [2.45, 2.75) is 17.6 Å². The molecule has 4 heteroatoms. The second kappa shape index (κ2) is 4.68. The van der Waals surface area contributed by atoms with Gasteiger partial charge in [0.2, 0.25) is 0 Å². The molecule has 0 amide bonds. The number of anilines is 1. The molecule has 15 heavy (non-hydrogen) atoms. The fourth-order valence-corrected chi connectivity index (χ4v) is 2.82. The van der Waals surface area contributed by atoms with E-state index in [9.17, 15) is 0 Å². The van der Waals surface area contributed by atoms with E-state index in [1.807, 2.05) is 31.2 Å². The molecule has 0 aliphatic heterocycles. The quantitative estimate of drug-likeness (QED) is 0.656. The molecule has 0 fully saturated rings. The van der Waals surface area contributed by atoms with Crippen LogP contribution in [0.25, 0.3) is 0 Å². The third-order valence-electron chi connectivity index (χ3n) is 1.96. The first-order valence-corrected chi connectivity index (χ1v) is 6.50. The molecule has 1 heterocycles. The average Bonchev–Trinajstić information content (AvgIpc) is 2.63. The number of para-hydroxylation sites is 1. The highest BCUT2D eigenvalue weighted by Gasteiger charge is 2.02. The van der Waals surface area contributed by atoms with Crippen LogP contribution in [-0.4, -0.2) is 4.98 Å². The summed E-state index contributed by atoms with van der Waals surface area (Å²) >= 11 is 3.42. The zero-order valence-corrected chi connectivity index (χ0v) is 10.1. The molecule has 1 aromatic carbocycles. The van der Waals surface area contributed by atoms with Crippen molar-refractivity contribution in [1.82, 2.24) is 4.98 Å². The van der Waals surface area contributed by atoms with E-state index in [4.69, 9.17) is 5.73 Å². The lowest BCUT2D eigenvalue weighted by molar-refractivity contribution is 1.18. The molecule has 2 aromatic rings. The Balaban J connectivity index is 2.02. The topological polar surface area (TPSA) is 38.9 Å². The Morgan fingerprint density at radius 3 is 2.87 bits per heavy atom. The summed E-state index contributed by atoms with van der Waals surface area (Å²) in [5.74, 6) is 0.887. The predicted octanol–water partition coefficient (Wildman–Crippen LogP) is 3.33. The fraction of sp³-hybridized carbons (Fsp3) is 0.182. The first kappa shape index (κ1) is 10.5. The van der Waals surface area contributed by atoms with Crippen molar-refractivity contribution in [3.8, 4) is 0 Å². The molecule has 0 saturated carbocycles. The highest BCUT2D eigenvalue weighted by molar-refractivity contribution is 7.98. The standard InChI is InChI=1S/C11H12N2S2/c1-8-13-9(6-14-8)7-15-11-5-3-2-4-10(11)12/h2-6H,7,12H2,1H3. The van der Waals surface area contributed by atoms with Crippen LogP contribution >= 0.6 is 23.1 Å². The Morgan fingerprint density at radius 1 is 1.40 bits per heavy atom. The number of benzene rings is 1. The SMILES string of the molecule is Cc1nc(CSc2ccccc2N)cs1. The maximum Gasteiger partial charge on any atom is 0.0897 e. The summed E-state index contributed by atoms with van der Waals surface area (Å²) in [7, 11) is 0. The van der Waals surface area contributed by atoms with Gasteiger partial charge in [-0.25, -0.2) is 4.98 Å². The van der Waals surface area contributed by atoms with E-state index in [0.717, 1.165) is 27.0 Å². The van der Waals surface area contributed by atoms with Gasteiger partial charge in [0, 0.05) is 21.7 Å². The smallest absolute Gasteiger partial charge is 0.0897 e. The predicted molar refractivity (Wildman–Crippen MR) is 67.3 cm³/mol. The molecule has 2 N–H and O–H groups in total. The Morgan fingerprint density at radius 2 is 2.20 bits per heavy atom. The van der Waals surface area contributed by atoms with Crippen molar-refractivity contribution in [2.24, 2.45) is 0 Å². The third kappa shape index (κ3) is 2.73. The number of thiazole rings is 1. The molecule has 0 atom stereocenters. The molecule has 0 aliphatic rings. The van der Waals surface area contributed by atoms with Gasteiger partial charge in [-0.15, -0.1) is 23.1 Å². The highest BCUT2D eigenvalue weighted by Crippen LogP contribution is 2.27. The van der Waals surface area contributed by atoms with Gasteiger partial charge in [0.05, 0.1) is 10.7 Å². The van der Waals surface area contributed by atoms with Crippen molar-refractivity contribution >= 4 is 28.8 Å². The molecule has 0 bridgehead atoms. The third-order valence-corrected chi connectivity index (χ3v) is 3.91. The number of nitrogens with zero attached hydrogens (tertiary/aromatic N) is 1. The molecule has 0 aliphatic carbocycles. The minimum Gasteiger partial charge on any atom is -0.398 e. The molecule has 0 saturated heterocycles. The number of nitrogens with two attached hydrogens (primary N) is 1. The lowest BCUT2D eigenvalue weighted by atomic mass is 10.3. The van der Waals surface area contributed by atoms with Gasteiger partial charge >= 0.3 is 0 Å². The summed E-state index contributed by atoms with van der Waals surface area (Å²) in [6.07, 6.45) is 0. The number of aryl methyl sites for hydroxylation is 1. The largest absolute Gasteiger partial charge is 0.398 e. The van der Waals surface area contributed by atoms with Gasteiger partial charge in [-0.3, -0.25) is 0 Å². The number of aromatic nitrogens is 1. The number of hydrogen-bond donors (Lipinski definition) is 1. The van der Waals surface area contributed by atoms with Crippen LogP contribution in [0.4, 0.5) is 5.69 Å².